The van der Waals surface area contributed by atoms with Gasteiger partial charge < -0.3 is 4.74 Å². The van der Waals surface area contributed by atoms with Crippen molar-refractivity contribution < 1.29 is 17.5 Å². The first-order valence-corrected chi connectivity index (χ1v) is 10.3. The molecule has 3 aromatic rings. The summed E-state index contributed by atoms with van der Waals surface area (Å²) in [5, 5.41) is 10.1. The summed E-state index contributed by atoms with van der Waals surface area (Å²) >= 11 is 6.67. The van der Waals surface area contributed by atoms with Gasteiger partial charge in [-0.2, -0.15) is 10.2 Å². The average molecular weight is 427 g/mol. The average Bonchev–Trinajstić information content (AvgIpc) is 3.09. The van der Waals surface area contributed by atoms with Crippen LogP contribution in [0.5, 0.6) is 5.88 Å². The van der Waals surface area contributed by atoms with E-state index >= 15 is 0 Å². The minimum absolute atomic E-state index is 0.0812. The lowest BCUT2D eigenvalue weighted by atomic mass is 10.2. The number of sulfonamides is 1. The van der Waals surface area contributed by atoms with E-state index in [1.807, 2.05) is 6.07 Å². The van der Waals surface area contributed by atoms with Crippen LogP contribution in [0.1, 0.15) is 12.0 Å². The molecule has 0 fully saturated rings. The van der Waals surface area contributed by atoms with Gasteiger partial charge in [0.25, 0.3) is 10.0 Å². The Balaban J connectivity index is 1.96. The first-order chi connectivity index (χ1) is 12.9. The van der Waals surface area contributed by atoms with Crippen LogP contribution in [0.25, 0.3) is 10.1 Å². The van der Waals surface area contributed by atoms with Crippen LogP contribution in [-0.2, 0) is 16.4 Å². The molecule has 2 aromatic heterocycles. The Morgan fingerprint density at radius 3 is 2.93 bits per heavy atom. The summed E-state index contributed by atoms with van der Waals surface area (Å²) < 4.78 is 47.0. The lowest BCUT2D eigenvalue weighted by Crippen LogP contribution is -2.15. The van der Waals surface area contributed by atoms with Crippen molar-refractivity contribution in [2.24, 2.45) is 0 Å². The van der Waals surface area contributed by atoms with Crippen LogP contribution in [0, 0.1) is 17.1 Å². The van der Waals surface area contributed by atoms with E-state index in [2.05, 4.69) is 14.7 Å². The molecular formula is C16H12ClFN4O3S2. The lowest BCUT2D eigenvalue weighted by Gasteiger charge is -2.09. The van der Waals surface area contributed by atoms with Gasteiger partial charge in [0.1, 0.15) is 4.90 Å². The summed E-state index contributed by atoms with van der Waals surface area (Å²) in [7, 11) is -2.68. The van der Waals surface area contributed by atoms with Crippen LogP contribution in [0.2, 0.25) is 5.02 Å². The molecule has 140 valence electrons. The number of benzene rings is 1. The van der Waals surface area contributed by atoms with E-state index in [4.69, 9.17) is 21.6 Å². The molecule has 3 rings (SSSR count). The number of rotatable bonds is 6. The molecule has 0 saturated heterocycles. The summed E-state index contributed by atoms with van der Waals surface area (Å²) in [5.41, 5.74) is 0.583. The first kappa shape index (κ1) is 19.3. The number of anilines is 1. The van der Waals surface area contributed by atoms with Crippen LogP contribution in [-0.4, -0.2) is 25.5 Å². The normalized spacial score (nSPS) is 11.3. The number of nitriles is 1. The van der Waals surface area contributed by atoms with Crippen LogP contribution >= 0.6 is 22.9 Å². The zero-order valence-corrected chi connectivity index (χ0v) is 16.3. The third kappa shape index (κ3) is 3.80. The minimum atomic E-state index is -4.06. The number of ether oxygens (including phenoxy) is 1. The highest BCUT2D eigenvalue weighted by Crippen LogP contribution is 2.35. The Morgan fingerprint density at radius 2 is 2.22 bits per heavy atom. The standard InChI is InChI=1S/C16H12ClFN4O3S2/c1-25-15-9(3-2-6-19)7-20-16(21-15)22-27(23,24)12-8-26-14-10(12)4-5-11(17)13(14)18/h4-5,7-8H,2-3H2,1H3,(H,20,21,22). The van der Waals surface area contributed by atoms with Crippen molar-refractivity contribution in [3.05, 3.63) is 40.1 Å². The topological polar surface area (TPSA) is 105 Å². The molecule has 0 saturated carbocycles. The molecule has 0 radical (unpaired) electrons. The molecule has 0 atom stereocenters. The van der Waals surface area contributed by atoms with E-state index in [0.717, 1.165) is 11.3 Å². The fraction of sp³-hybridized carbons (Fsp3) is 0.188. The Bertz CT molecular complexity index is 1160. The monoisotopic (exact) mass is 426 g/mol. The molecule has 0 aliphatic heterocycles. The predicted molar refractivity (Wildman–Crippen MR) is 100 cm³/mol. The molecule has 0 bridgehead atoms. The van der Waals surface area contributed by atoms with Gasteiger partial charge in [0.15, 0.2) is 5.82 Å². The number of nitrogens with zero attached hydrogens (tertiary/aromatic N) is 3. The zero-order chi connectivity index (χ0) is 19.6. The van der Waals surface area contributed by atoms with Gasteiger partial charge in [-0.1, -0.05) is 17.7 Å². The Labute approximate surface area is 163 Å². The summed E-state index contributed by atoms with van der Waals surface area (Å²) in [4.78, 5) is 7.89. The van der Waals surface area contributed by atoms with Gasteiger partial charge in [0.05, 0.1) is 22.9 Å². The number of hydrogen-bond donors (Lipinski definition) is 1. The summed E-state index contributed by atoms with van der Waals surface area (Å²) in [6, 6.07) is 4.75. The van der Waals surface area contributed by atoms with Crippen molar-refractivity contribution in [1.82, 2.24) is 9.97 Å². The third-order valence-electron chi connectivity index (χ3n) is 3.64. The molecule has 1 N–H and O–H groups in total. The van der Waals surface area contributed by atoms with E-state index in [-0.39, 0.29) is 38.3 Å². The van der Waals surface area contributed by atoms with E-state index in [1.165, 1.54) is 30.8 Å². The van der Waals surface area contributed by atoms with Gasteiger partial charge in [0.2, 0.25) is 11.8 Å². The molecule has 2 heterocycles. The summed E-state index contributed by atoms with van der Waals surface area (Å²) in [6.45, 7) is 0. The fourth-order valence-corrected chi connectivity index (χ4v) is 5.09. The maximum atomic E-state index is 14.1. The highest BCUT2D eigenvalue weighted by molar-refractivity contribution is 7.93. The second kappa shape index (κ2) is 7.64. The Kier molecular flexibility index (Phi) is 5.46. The molecule has 0 aliphatic carbocycles. The highest BCUT2D eigenvalue weighted by atomic mass is 35.5. The fourth-order valence-electron chi connectivity index (χ4n) is 2.38. The van der Waals surface area contributed by atoms with Gasteiger partial charge in [-0.15, -0.1) is 11.3 Å². The molecule has 11 heteroatoms. The number of nitrogens with one attached hydrogen (secondary N) is 1. The van der Waals surface area contributed by atoms with Crippen molar-refractivity contribution in [2.45, 2.75) is 17.7 Å². The second-order valence-electron chi connectivity index (χ2n) is 5.33. The molecule has 0 amide bonds. The number of thiophene rings is 1. The molecule has 1 aromatic carbocycles. The number of halogens is 2. The number of aryl methyl sites for hydroxylation is 1. The zero-order valence-electron chi connectivity index (χ0n) is 13.9. The van der Waals surface area contributed by atoms with Gasteiger partial charge >= 0.3 is 0 Å². The maximum absolute atomic E-state index is 14.1. The molecule has 27 heavy (non-hydrogen) atoms. The number of methoxy groups -OCH3 is 1. The molecule has 7 nitrogen and oxygen atoms in total. The van der Waals surface area contributed by atoms with Gasteiger partial charge in [0, 0.05) is 28.9 Å². The van der Waals surface area contributed by atoms with Crippen molar-refractivity contribution in [3.63, 3.8) is 0 Å². The molecule has 0 aliphatic rings. The number of fused-ring (bicyclic) bond motifs is 1. The Hall–Kier alpha value is -2.48. The molecule has 0 spiro atoms. The van der Waals surface area contributed by atoms with Crippen molar-refractivity contribution >= 4 is 49.0 Å². The third-order valence-corrected chi connectivity index (χ3v) is 6.44. The largest absolute Gasteiger partial charge is 0.481 e. The van der Waals surface area contributed by atoms with E-state index in [1.54, 1.807) is 0 Å². The van der Waals surface area contributed by atoms with Crippen LogP contribution in [0.15, 0.2) is 28.6 Å². The smallest absolute Gasteiger partial charge is 0.265 e. The summed E-state index contributed by atoms with van der Waals surface area (Å²) in [6.07, 6.45) is 2.02. The van der Waals surface area contributed by atoms with Crippen LogP contribution < -0.4 is 9.46 Å². The summed E-state index contributed by atoms with van der Waals surface area (Å²) in [5.74, 6) is -0.687. The predicted octanol–water partition coefficient (Wildman–Crippen LogP) is 3.75. The molecule has 0 unspecified atom stereocenters. The number of hydrogen-bond acceptors (Lipinski definition) is 7. The van der Waals surface area contributed by atoms with Crippen LogP contribution in [0.4, 0.5) is 10.3 Å². The Morgan fingerprint density at radius 1 is 1.44 bits per heavy atom. The van der Waals surface area contributed by atoms with Gasteiger partial charge in [-0.05, 0) is 12.5 Å². The first-order valence-electron chi connectivity index (χ1n) is 7.52. The SMILES string of the molecule is COc1nc(NS(=O)(=O)c2csc3c(F)c(Cl)ccc23)ncc1CCC#N. The van der Waals surface area contributed by atoms with E-state index in [0.29, 0.717) is 12.0 Å². The number of aromatic nitrogens is 2. The lowest BCUT2D eigenvalue weighted by molar-refractivity contribution is 0.392. The molecular weight excluding hydrogens is 415 g/mol. The van der Waals surface area contributed by atoms with Crippen molar-refractivity contribution in [2.75, 3.05) is 11.8 Å². The van der Waals surface area contributed by atoms with Crippen molar-refractivity contribution in [3.8, 4) is 11.9 Å². The minimum Gasteiger partial charge on any atom is -0.481 e. The highest BCUT2D eigenvalue weighted by Gasteiger charge is 2.23. The van der Waals surface area contributed by atoms with Gasteiger partial charge in [-0.3, -0.25) is 0 Å². The quantitative estimate of drug-likeness (QED) is 0.643. The maximum Gasteiger partial charge on any atom is 0.265 e. The van der Waals surface area contributed by atoms with Crippen LogP contribution in [0.3, 0.4) is 0 Å². The van der Waals surface area contributed by atoms with E-state index in [9.17, 15) is 12.8 Å². The van der Waals surface area contributed by atoms with Crippen molar-refractivity contribution in [1.29, 1.82) is 5.26 Å². The van der Waals surface area contributed by atoms with Gasteiger partial charge in [-0.25, -0.2) is 22.5 Å². The van der Waals surface area contributed by atoms with E-state index < -0.39 is 15.8 Å². The second-order valence-corrected chi connectivity index (χ2v) is 8.27.